The lowest BCUT2D eigenvalue weighted by atomic mass is 9.90. The number of aromatic nitrogens is 1. The third-order valence-corrected chi connectivity index (χ3v) is 5.20. The molecule has 1 aromatic heterocycles. The largest absolute Gasteiger partial charge is 0.508 e. The smallest absolute Gasteiger partial charge is 0.323 e. The van der Waals surface area contributed by atoms with E-state index >= 15 is 0 Å². The third-order valence-electron chi connectivity index (χ3n) is 5.20. The molecule has 7 heteroatoms. The molecule has 7 nitrogen and oxygen atoms in total. The van der Waals surface area contributed by atoms with E-state index < -0.39 is 6.04 Å². The van der Waals surface area contributed by atoms with Crippen LogP contribution in [0.15, 0.2) is 36.4 Å². The summed E-state index contributed by atoms with van der Waals surface area (Å²) in [6.07, 6.45) is 0.479. The summed E-state index contributed by atoms with van der Waals surface area (Å²) in [5, 5.41) is 14.2. The number of aromatic hydroxyl groups is 1. The van der Waals surface area contributed by atoms with Crippen LogP contribution in [-0.2, 0) is 16.0 Å². The van der Waals surface area contributed by atoms with Crippen molar-refractivity contribution in [3.63, 3.8) is 0 Å². The van der Waals surface area contributed by atoms with E-state index in [0.29, 0.717) is 17.9 Å². The number of fused-ring (bicyclic) bond motifs is 4. The molecule has 3 heterocycles. The molecule has 2 aromatic carbocycles. The van der Waals surface area contributed by atoms with Crippen LogP contribution in [0.1, 0.15) is 22.9 Å². The van der Waals surface area contributed by atoms with Gasteiger partial charge in [0.1, 0.15) is 11.8 Å². The lowest BCUT2D eigenvalue weighted by Gasteiger charge is -2.30. The predicted octanol–water partition coefficient (Wildman–Crippen LogP) is 2.38. The summed E-state index contributed by atoms with van der Waals surface area (Å²) in [4.78, 5) is 15.7. The maximum absolute atomic E-state index is 12.3. The number of methoxy groups -OCH3 is 1. The first-order chi connectivity index (χ1) is 13.1. The maximum atomic E-state index is 12.3. The quantitative estimate of drug-likeness (QED) is 0.603. The highest BCUT2D eigenvalue weighted by Crippen LogP contribution is 2.40. The van der Waals surface area contributed by atoms with Crippen molar-refractivity contribution >= 4 is 16.9 Å². The lowest BCUT2D eigenvalue weighted by molar-refractivity contribution is -0.143. The van der Waals surface area contributed by atoms with Crippen molar-refractivity contribution < 1.29 is 24.1 Å². The fraction of sp³-hybridized carbons (Fsp3) is 0.250. The van der Waals surface area contributed by atoms with Gasteiger partial charge in [-0.3, -0.25) is 10.1 Å². The Morgan fingerprint density at radius 1 is 1.19 bits per heavy atom. The summed E-state index contributed by atoms with van der Waals surface area (Å²) in [6, 6.07) is 10.2. The van der Waals surface area contributed by atoms with Gasteiger partial charge in [0, 0.05) is 23.0 Å². The summed E-state index contributed by atoms with van der Waals surface area (Å²) in [5.74, 6) is 1.27. The number of phenols is 1. The van der Waals surface area contributed by atoms with Gasteiger partial charge in [0.25, 0.3) is 0 Å². The van der Waals surface area contributed by atoms with Crippen molar-refractivity contribution in [2.24, 2.45) is 0 Å². The average molecular weight is 366 g/mol. The summed E-state index contributed by atoms with van der Waals surface area (Å²) < 4.78 is 15.9. The molecule has 0 spiro atoms. The van der Waals surface area contributed by atoms with Crippen LogP contribution >= 0.6 is 0 Å². The van der Waals surface area contributed by atoms with Gasteiger partial charge in [-0.25, -0.2) is 0 Å². The van der Waals surface area contributed by atoms with Crippen LogP contribution in [0, 0.1) is 0 Å². The molecule has 0 saturated heterocycles. The number of phenolic OH excluding ortho intramolecular Hbond substituents is 1. The minimum absolute atomic E-state index is 0.192. The number of rotatable bonds is 2. The molecule has 138 valence electrons. The number of ether oxygens (including phenoxy) is 3. The minimum Gasteiger partial charge on any atom is -0.508 e. The molecule has 0 saturated carbocycles. The molecule has 3 aromatic rings. The van der Waals surface area contributed by atoms with Gasteiger partial charge in [-0.15, -0.1) is 0 Å². The Kier molecular flexibility index (Phi) is 3.51. The first-order valence-corrected chi connectivity index (χ1v) is 8.71. The Balaban J connectivity index is 1.66. The molecule has 0 amide bonds. The first-order valence-electron chi connectivity index (χ1n) is 8.71. The van der Waals surface area contributed by atoms with E-state index in [9.17, 15) is 9.90 Å². The number of carbonyl (C=O) groups excluding carboxylic acids is 1. The second kappa shape index (κ2) is 5.92. The fourth-order valence-corrected chi connectivity index (χ4v) is 3.92. The van der Waals surface area contributed by atoms with Crippen LogP contribution in [0.2, 0.25) is 0 Å². The minimum atomic E-state index is -0.487. The van der Waals surface area contributed by atoms with E-state index in [0.717, 1.165) is 27.7 Å². The van der Waals surface area contributed by atoms with Crippen LogP contribution in [0.4, 0.5) is 0 Å². The predicted molar refractivity (Wildman–Crippen MR) is 97.0 cm³/mol. The van der Waals surface area contributed by atoms with Gasteiger partial charge in [-0.1, -0.05) is 6.07 Å². The Labute approximate surface area is 154 Å². The maximum Gasteiger partial charge on any atom is 0.323 e. The molecule has 27 heavy (non-hydrogen) atoms. The zero-order valence-corrected chi connectivity index (χ0v) is 14.6. The molecule has 2 atom stereocenters. The van der Waals surface area contributed by atoms with Gasteiger partial charge in [-0.05, 0) is 41.5 Å². The number of esters is 1. The number of hydrogen-bond donors (Lipinski definition) is 3. The zero-order valence-electron chi connectivity index (χ0n) is 14.6. The normalized spacial score (nSPS) is 20.5. The van der Waals surface area contributed by atoms with Crippen molar-refractivity contribution in [2.75, 3.05) is 13.9 Å². The molecule has 0 radical (unpaired) electrons. The third kappa shape index (κ3) is 2.50. The van der Waals surface area contributed by atoms with Crippen molar-refractivity contribution in [1.82, 2.24) is 10.3 Å². The molecule has 0 unspecified atom stereocenters. The highest BCUT2D eigenvalue weighted by atomic mass is 16.7. The SMILES string of the molecule is COC(=O)[C@H]1Cc2c([nH]c3ccc(O)cc23)[C@@H](c2ccc3c(c2)OCO3)N1. The summed E-state index contributed by atoms with van der Waals surface area (Å²) in [5.41, 5.74) is 3.83. The number of aromatic amines is 1. The Bertz CT molecular complexity index is 1060. The van der Waals surface area contributed by atoms with Gasteiger partial charge in [-0.2, -0.15) is 0 Å². The van der Waals surface area contributed by atoms with E-state index in [1.807, 2.05) is 24.3 Å². The molecule has 2 aliphatic heterocycles. The van der Waals surface area contributed by atoms with E-state index in [1.54, 1.807) is 12.1 Å². The van der Waals surface area contributed by atoms with Crippen LogP contribution in [0.3, 0.4) is 0 Å². The van der Waals surface area contributed by atoms with Gasteiger partial charge < -0.3 is 24.3 Å². The molecule has 0 bridgehead atoms. The van der Waals surface area contributed by atoms with Gasteiger partial charge in [0.05, 0.1) is 13.2 Å². The van der Waals surface area contributed by atoms with Crippen molar-refractivity contribution in [3.05, 3.63) is 53.2 Å². The number of nitrogens with one attached hydrogen (secondary N) is 2. The van der Waals surface area contributed by atoms with Crippen LogP contribution in [-0.4, -0.2) is 36.0 Å². The molecule has 0 fully saturated rings. The van der Waals surface area contributed by atoms with Gasteiger partial charge >= 0.3 is 5.97 Å². The summed E-state index contributed by atoms with van der Waals surface area (Å²) in [7, 11) is 1.39. The fourth-order valence-electron chi connectivity index (χ4n) is 3.92. The zero-order chi connectivity index (χ0) is 18.5. The monoisotopic (exact) mass is 366 g/mol. The number of H-pyrrole nitrogens is 1. The second-order valence-corrected chi connectivity index (χ2v) is 6.74. The molecular formula is C20H18N2O5. The summed E-state index contributed by atoms with van der Waals surface area (Å²) >= 11 is 0. The van der Waals surface area contributed by atoms with Crippen molar-refractivity contribution in [2.45, 2.75) is 18.5 Å². The van der Waals surface area contributed by atoms with Crippen LogP contribution < -0.4 is 14.8 Å². The average Bonchev–Trinajstić information content (AvgIpc) is 3.30. The van der Waals surface area contributed by atoms with E-state index in [4.69, 9.17) is 14.2 Å². The molecule has 3 N–H and O–H groups in total. The van der Waals surface area contributed by atoms with Gasteiger partial charge in [0.2, 0.25) is 6.79 Å². The van der Waals surface area contributed by atoms with E-state index in [2.05, 4.69) is 10.3 Å². The van der Waals surface area contributed by atoms with Crippen molar-refractivity contribution in [1.29, 1.82) is 0 Å². The van der Waals surface area contributed by atoms with Gasteiger partial charge in [0.15, 0.2) is 11.5 Å². The standard InChI is InChI=1S/C20H18N2O5/c1-25-20(24)15-8-13-12-7-11(23)3-4-14(12)21-19(13)18(22-15)10-2-5-16-17(6-10)27-9-26-16/h2-7,15,18,21-23H,8-9H2,1H3/t15-,18-/m1/s1. The number of hydrogen-bond acceptors (Lipinski definition) is 6. The number of benzene rings is 2. The molecular weight excluding hydrogens is 348 g/mol. The van der Waals surface area contributed by atoms with Crippen LogP contribution in [0.5, 0.6) is 17.2 Å². The molecule has 5 rings (SSSR count). The Morgan fingerprint density at radius 2 is 2.04 bits per heavy atom. The topological polar surface area (TPSA) is 92.8 Å². The van der Waals surface area contributed by atoms with Crippen molar-refractivity contribution in [3.8, 4) is 17.2 Å². The lowest BCUT2D eigenvalue weighted by Crippen LogP contribution is -2.45. The second-order valence-electron chi connectivity index (χ2n) is 6.74. The highest BCUT2D eigenvalue weighted by Gasteiger charge is 2.35. The molecule has 0 aliphatic carbocycles. The Morgan fingerprint density at radius 3 is 2.89 bits per heavy atom. The van der Waals surface area contributed by atoms with E-state index in [1.165, 1.54) is 7.11 Å². The van der Waals surface area contributed by atoms with Crippen LogP contribution in [0.25, 0.3) is 10.9 Å². The van der Waals surface area contributed by atoms with E-state index in [-0.39, 0.29) is 24.6 Å². The summed E-state index contributed by atoms with van der Waals surface area (Å²) in [6.45, 7) is 0.207. The number of carbonyl (C=O) groups is 1. The highest BCUT2D eigenvalue weighted by molar-refractivity contribution is 5.88. The first kappa shape index (κ1) is 16.0. The Hall–Kier alpha value is -3.19. The molecule has 2 aliphatic rings.